The van der Waals surface area contributed by atoms with Crippen molar-refractivity contribution in [2.45, 2.75) is 11.1 Å². The molecule has 0 amide bonds. The number of hydrogen-bond acceptors (Lipinski definition) is 4. The van der Waals surface area contributed by atoms with Gasteiger partial charge in [0.1, 0.15) is 6.07 Å². The third-order valence-electron chi connectivity index (χ3n) is 1.56. The van der Waals surface area contributed by atoms with Crippen LogP contribution in [0.4, 0.5) is 0 Å². The van der Waals surface area contributed by atoms with Gasteiger partial charge in [-0.1, -0.05) is 0 Å². The van der Waals surface area contributed by atoms with Crippen LogP contribution in [0.1, 0.15) is 20.8 Å². The molecule has 0 aliphatic heterocycles. The molecule has 0 bridgehead atoms. The largest absolute Gasteiger partial charge is 0.297 e. The fourth-order valence-corrected chi connectivity index (χ4v) is 2.70. The predicted octanol–water partition coefficient (Wildman–Crippen LogP) is 2.46. The normalized spacial score (nSPS) is 9.42. The molecule has 0 saturated carbocycles. The van der Waals surface area contributed by atoms with Crippen LogP contribution in [-0.4, -0.2) is 12.5 Å². The van der Waals surface area contributed by atoms with Crippen LogP contribution in [0.5, 0.6) is 0 Å². The lowest BCUT2D eigenvalue weighted by molar-refractivity contribution is 0.112. The summed E-state index contributed by atoms with van der Waals surface area (Å²) < 4.78 is 0.928. The molecule has 0 N–H and O–H groups in total. The average molecular weight is 197 g/mol. The Balaban J connectivity index is 3.34. The van der Waals surface area contributed by atoms with Gasteiger partial charge in [-0.3, -0.25) is 4.79 Å². The first-order valence-corrected chi connectivity index (χ1v) is 5.31. The standard InChI is InChI=1S/C8H7NOS2/c1-5-6(3-9)8(11-2)12-7(5)4-10/h4H,1-2H3. The van der Waals surface area contributed by atoms with Crippen LogP contribution in [0.2, 0.25) is 0 Å². The van der Waals surface area contributed by atoms with E-state index in [4.69, 9.17) is 5.26 Å². The Labute approximate surface area is 79.2 Å². The molecular formula is C8H7NOS2. The Hall–Kier alpha value is -0.790. The minimum atomic E-state index is 0.648. The Kier molecular flexibility index (Phi) is 2.90. The number of aldehydes is 1. The van der Waals surface area contributed by atoms with Crippen LogP contribution >= 0.6 is 23.1 Å². The number of nitriles is 1. The lowest BCUT2D eigenvalue weighted by Crippen LogP contribution is -1.79. The molecule has 0 unspecified atom stereocenters. The first-order chi connectivity index (χ1) is 5.74. The van der Waals surface area contributed by atoms with Gasteiger partial charge in [0, 0.05) is 0 Å². The summed E-state index contributed by atoms with van der Waals surface area (Å²) in [5.41, 5.74) is 1.46. The van der Waals surface area contributed by atoms with Gasteiger partial charge in [-0.05, 0) is 18.7 Å². The maximum absolute atomic E-state index is 10.5. The smallest absolute Gasteiger partial charge is 0.160 e. The van der Waals surface area contributed by atoms with Gasteiger partial charge in [0.15, 0.2) is 6.29 Å². The fraction of sp³-hybridized carbons (Fsp3) is 0.250. The maximum Gasteiger partial charge on any atom is 0.160 e. The van der Waals surface area contributed by atoms with Crippen molar-refractivity contribution < 1.29 is 4.79 Å². The number of thioether (sulfide) groups is 1. The Morgan fingerprint density at radius 3 is 2.67 bits per heavy atom. The molecule has 0 aliphatic carbocycles. The highest BCUT2D eigenvalue weighted by molar-refractivity contribution is 8.00. The second-order valence-electron chi connectivity index (χ2n) is 2.19. The van der Waals surface area contributed by atoms with E-state index in [2.05, 4.69) is 6.07 Å². The molecule has 1 aromatic rings. The monoisotopic (exact) mass is 197 g/mol. The third kappa shape index (κ3) is 1.38. The highest BCUT2D eigenvalue weighted by Gasteiger charge is 2.12. The molecule has 0 spiro atoms. The number of rotatable bonds is 2. The van der Waals surface area contributed by atoms with Crippen LogP contribution in [0.3, 0.4) is 0 Å². The van der Waals surface area contributed by atoms with Crippen molar-refractivity contribution in [2.75, 3.05) is 6.26 Å². The first kappa shape index (κ1) is 9.30. The molecule has 0 radical (unpaired) electrons. The van der Waals surface area contributed by atoms with Crippen LogP contribution in [0.15, 0.2) is 4.21 Å². The van der Waals surface area contributed by atoms with Gasteiger partial charge in [0.25, 0.3) is 0 Å². The van der Waals surface area contributed by atoms with Gasteiger partial charge in [0.05, 0.1) is 14.6 Å². The molecule has 1 heterocycles. The quantitative estimate of drug-likeness (QED) is 0.540. The Morgan fingerprint density at radius 1 is 1.67 bits per heavy atom. The number of thiophene rings is 1. The molecule has 0 saturated heterocycles. The maximum atomic E-state index is 10.5. The van der Waals surface area contributed by atoms with Crippen LogP contribution in [-0.2, 0) is 0 Å². The van der Waals surface area contributed by atoms with Crippen molar-refractivity contribution in [3.8, 4) is 6.07 Å². The van der Waals surface area contributed by atoms with E-state index in [9.17, 15) is 4.79 Å². The summed E-state index contributed by atoms with van der Waals surface area (Å²) in [4.78, 5) is 11.2. The van der Waals surface area contributed by atoms with Gasteiger partial charge >= 0.3 is 0 Å². The summed E-state index contributed by atoms with van der Waals surface area (Å²) >= 11 is 2.89. The first-order valence-electron chi connectivity index (χ1n) is 3.27. The van der Waals surface area contributed by atoms with E-state index >= 15 is 0 Å². The average Bonchev–Trinajstić information content (AvgIpc) is 2.41. The zero-order chi connectivity index (χ0) is 9.14. The van der Waals surface area contributed by atoms with Crippen molar-refractivity contribution in [3.05, 3.63) is 16.0 Å². The van der Waals surface area contributed by atoms with E-state index in [1.54, 1.807) is 6.92 Å². The number of nitrogens with zero attached hydrogens (tertiary/aromatic N) is 1. The lowest BCUT2D eigenvalue weighted by Gasteiger charge is -1.88. The van der Waals surface area contributed by atoms with Gasteiger partial charge in [-0.2, -0.15) is 5.26 Å². The fourth-order valence-electron chi connectivity index (χ4n) is 0.889. The minimum absolute atomic E-state index is 0.648. The summed E-state index contributed by atoms with van der Waals surface area (Å²) in [5.74, 6) is 0. The van der Waals surface area contributed by atoms with E-state index in [-0.39, 0.29) is 0 Å². The van der Waals surface area contributed by atoms with Gasteiger partial charge in [-0.15, -0.1) is 23.1 Å². The highest BCUT2D eigenvalue weighted by atomic mass is 32.2. The van der Waals surface area contributed by atoms with Crippen molar-refractivity contribution in [1.82, 2.24) is 0 Å². The SMILES string of the molecule is CSc1sc(C=O)c(C)c1C#N. The molecule has 1 rings (SSSR count). The van der Waals surface area contributed by atoms with Crippen molar-refractivity contribution in [2.24, 2.45) is 0 Å². The van der Waals surface area contributed by atoms with Gasteiger partial charge < -0.3 is 0 Å². The summed E-state index contributed by atoms with van der Waals surface area (Å²) in [6.45, 7) is 1.80. The molecule has 0 atom stereocenters. The zero-order valence-electron chi connectivity index (χ0n) is 6.75. The van der Waals surface area contributed by atoms with Crippen molar-refractivity contribution in [3.63, 3.8) is 0 Å². The van der Waals surface area contributed by atoms with Gasteiger partial charge in [0.2, 0.25) is 0 Å². The summed E-state index contributed by atoms with van der Waals surface area (Å²) in [6, 6.07) is 2.10. The van der Waals surface area contributed by atoms with E-state index in [0.717, 1.165) is 16.1 Å². The highest BCUT2D eigenvalue weighted by Crippen LogP contribution is 2.32. The topological polar surface area (TPSA) is 40.9 Å². The van der Waals surface area contributed by atoms with Crippen molar-refractivity contribution in [1.29, 1.82) is 5.26 Å². The molecule has 4 heteroatoms. The molecule has 0 aromatic carbocycles. The summed E-state index contributed by atoms with van der Waals surface area (Å²) in [5, 5.41) is 8.77. The Morgan fingerprint density at radius 2 is 2.33 bits per heavy atom. The number of carbonyl (C=O) groups excluding carboxylic acids is 1. The van der Waals surface area contributed by atoms with E-state index in [0.29, 0.717) is 10.4 Å². The number of hydrogen-bond donors (Lipinski definition) is 0. The molecule has 0 fully saturated rings. The molecule has 1 aromatic heterocycles. The second-order valence-corrected chi connectivity index (χ2v) is 4.31. The number of carbonyl (C=O) groups is 1. The van der Waals surface area contributed by atoms with Crippen LogP contribution in [0, 0.1) is 18.3 Å². The molecular weight excluding hydrogens is 190 g/mol. The summed E-state index contributed by atoms with van der Waals surface area (Å²) in [6.07, 6.45) is 2.71. The second kappa shape index (κ2) is 3.74. The van der Waals surface area contributed by atoms with Crippen LogP contribution < -0.4 is 0 Å². The van der Waals surface area contributed by atoms with Crippen LogP contribution in [0.25, 0.3) is 0 Å². The third-order valence-corrected chi connectivity index (χ3v) is 3.89. The van der Waals surface area contributed by atoms with E-state index in [1.807, 2.05) is 6.26 Å². The molecule has 62 valence electrons. The lowest BCUT2D eigenvalue weighted by atomic mass is 10.2. The Bertz CT molecular complexity index is 349. The van der Waals surface area contributed by atoms with E-state index < -0.39 is 0 Å². The molecule has 12 heavy (non-hydrogen) atoms. The van der Waals surface area contributed by atoms with E-state index in [1.165, 1.54) is 23.1 Å². The molecule has 2 nitrogen and oxygen atoms in total. The summed E-state index contributed by atoms with van der Waals surface area (Å²) in [7, 11) is 0. The predicted molar refractivity (Wildman–Crippen MR) is 50.9 cm³/mol. The van der Waals surface area contributed by atoms with Gasteiger partial charge in [-0.25, -0.2) is 0 Å². The molecule has 0 aliphatic rings. The van der Waals surface area contributed by atoms with Crippen molar-refractivity contribution >= 4 is 29.4 Å². The zero-order valence-corrected chi connectivity index (χ0v) is 8.38. The minimum Gasteiger partial charge on any atom is -0.297 e.